The molecule has 0 aliphatic carbocycles. The average molecular weight is 664 g/mol. The minimum absolute atomic E-state index is 0.00458. The number of nitrogens with one attached hydrogen (secondary N) is 3. The van der Waals surface area contributed by atoms with Gasteiger partial charge in [0.2, 0.25) is 5.91 Å². The molecule has 0 spiro atoms. The smallest absolute Gasteiger partial charge is 0.318 e. The summed E-state index contributed by atoms with van der Waals surface area (Å²) in [7, 11) is 0. The SMILES string of the molecule is C=C(C)Cn1cc(-c2cc(F)ccc2F)nc1C(C1CCOCC1)N(CC1CNCC1F)C(=O)NC(C)CNC(=O)CCOCCN. The van der Waals surface area contributed by atoms with Crippen molar-refractivity contribution in [1.29, 1.82) is 0 Å². The van der Waals surface area contributed by atoms with Gasteiger partial charge < -0.3 is 40.6 Å². The molecule has 4 atom stereocenters. The largest absolute Gasteiger partial charge is 0.381 e. The lowest BCUT2D eigenvalue weighted by atomic mass is 9.89. The van der Waals surface area contributed by atoms with Crippen LogP contribution in [0.1, 0.15) is 45.0 Å². The number of hydrogen-bond donors (Lipinski definition) is 4. The number of imidazole rings is 1. The molecule has 0 bridgehead atoms. The normalized spacial score (nSPS) is 19.7. The van der Waals surface area contributed by atoms with Gasteiger partial charge in [-0.15, -0.1) is 0 Å². The third kappa shape index (κ3) is 10.3. The first-order valence-electron chi connectivity index (χ1n) is 16.3. The zero-order chi connectivity index (χ0) is 33.9. The minimum atomic E-state index is -1.16. The van der Waals surface area contributed by atoms with Crippen molar-refractivity contribution in [3.8, 4) is 11.3 Å². The molecule has 3 amide bonds. The number of aromatic nitrogens is 2. The van der Waals surface area contributed by atoms with Crippen LogP contribution in [-0.4, -0.2) is 97.8 Å². The van der Waals surface area contributed by atoms with E-state index >= 15 is 4.39 Å². The summed E-state index contributed by atoms with van der Waals surface area (Å²) in [6.45, 7) is 10.7. The van der Waals surface area contributed by atoms with Crippen molar-refractivity contribution in [3.63, 3.8) is 0 Å². The van der Waals surface area contributed by atoms with Crippen LogP contribution in [0.2, 0.25) is 0 Å². The van der Waals surface area contributed by atoms with E-state index in [1.807, 2.05) is 11.5 Å². The molecule has 4 unspecified atom stereocenters. The average Bonchev–Trinajstić information content (AvgIpc) is 3.64. The first-order valence-corrected chi connectivity index (χ1v) is 16.3. The minimum Gasteiger partial charge on any atom is -0.381 e. The molecule has 260 valence electrons. The fourth-order valence-electron chi connectivity index (χ4n) is 6.05. The Kier molecular flexibility index (Phi) is 13.6. The number of ether oxygens (including phenoxy) is 2. The number of halogens is 3. The molecule has 2 fully saturated rings. The fourth-order valence-corrected chi connectivity index (χ4v) is 6.05. The van der Waals surface area contributed by atoms with Crippen LogP contribution in [0, 0.1) is 23.5 Å². The highest BCUT2D eigenvalue weighted by Gasteiger charge is 2.40. The Morgan fingerprint density at radius 3 is 2.70 bits per heavy atom. The summed E-state index contributed by atoms with van der Waals surface area (Å²) in [4.78, 5) is 33.0. The Morgan fingerprint density at radius 2 is 2.02 bits per heavy atom. The van der Waals surface area contributed by atoms with E-state index in [0.717, 1.165) is 23.8 Å². The van der Waals surface area contributed by atoms with Gasteiger partial charge in [-0.05, 0) is 50.8 Å². The third-order valence-corrected chi connectivity index (χ3v) is 8.43. The number of urea groups is 1. The van der Waals surface area contributed by atoms with E-state index in [9.17, 15) is 18.4 Å². The molecule has 2 aromatic rings. The van der Waals surface area contributed by atoms with Crippen LogP contribution < -0.4 is 21.7 Å². The van der Waals surface area contributed by atoms with Crippen molar-refractivity contribution in [1.82, 2.24) is 30.4 Å². The molecule has 4 rings (SSSR count). The van der Waals surface area contributed by atoms with E-state index < -0.39 is 41.8 Å². The van der Waals surface area contributed by atoms with Crippen molar-refractivity contribution < 1.29 is 32.2 Å². The first kappa shape index (κ1) is 36.4. The van der Waals surface area contributed by atoms with Crippen molar-refractivity contribution in [2.45, 2.75) is 57.9 Å². The number of nitrogens with two attached hydrogens (primary N) is 1. The zero-order valence-corrected chi connectivity index (χ0v) is 27.3. The summed E-state index contributed by atoms with van der Waals surface area (Å²) >= 11 is 0. The number of benzene rings is 1. The molecule has 1 aromatic heterocycles. The van der Waals surface area contributed by atoms with E-state index in [0.29, 0.717) is 58.1 Å². The van der Waals surface area contributed by atoms with Gasteiger partial charge in [0.05, 0.1) is 24.9 Å². The summed E-state index contributed by atoms with van der Waals surface area (Å²) in [6.07, 6.45) is 1.86. The van der Waals surface area contributed by atoms with Crippen LogP contribution >= 0.6 is 0 Å². The van der Waals surface area contributed by atoms with Crippen molar-refractivity contribution in [2.75, 3.05) is 59.2 Å². The van der Waals surface area contributed by atoms with Crippen LogP contribution in [-0.2, 0) is 20.8 Å². The summed E-state index contributed by atoms with van der Waals surface area (Å²) in [5.74, 6) is -1.59. The van der Waals surface area contributed by atoms with Crippen molar-refractivity contribution in [2.24, 2.45) is 17.6 Å². The van der Waals surface area contributed by atoms with Gasteiger partial charge in [-0.3, -0.25) is 4.79 Å². The lowest BCUT2D eigenvalue weighted by molar-refractivity contribution is -0.122. The number of alkyl halides is 1. The predicted molar refractivity (Wildman–Crippen MR) is 172 cm³/mol. The molecular weight excluding hydrogens is 615 g/mol. The molecule has 2 aliphatic heterocycles. The fraction of sp³-hybridized carbons (Fsp3) is 0.606. The van der Waals surface area contributed by atoms with Crippen LogP contribution in [0.3, 0.4) is 0 Å². The predicted octanol–water partition coefficient (Wildman–Crippen LogP) is 3.31. The summed E-state index contributed by atoms with van der Waals surface area (Å²) in [5.41, 5.74) is 6.41. The van der Waals surface area contributed by atoms with Crippen molar-refractivity contribution in [3.05, 3.63) is 54.0 Å². The molecule has 0 radical (unpaired) electrons. The molecule has 2 saturated heterocycles. The van der Waals surface area contributed by atoms with Gasteiger partial charge in [0, 0.05) is 82.6 Å². The van der Waals surface area contributed by atoms with E-state index in [1.54, 1.807) is 18.0 Å². The summed E-state index contributed by atoms with van der Waals surface area (Å²) < 4.78 is 57.1. The second kappa shape index (κ2) is 17.6. The van der Waals surface area contributed by atoms with Gasteiger partial charge in [-0.1, -0.05) is 12.2 Å². The third-order valence-electron chi connectivity index (χ3n) is 8.43. The zero-order valence-electron chi connectivity index (χ0n) is 27.3. The maximum absolute atomic E-state index is 15.1. The van der Waals surface area contributed by atoms with E-state index in [-0.39, 0.29) is 55.7 Å². The number of allylic oxidation sites excluding steroid dienone is 1. The first-order chi connectivity index (χ1) is 22.6. The summed E-state index contributed by atoms with van der Waals surface area (Å²) in [5, 5.41) is 8.87. The molecule has 2 aliphatic rings. The van der Waals surface area contributed by atoms with E-state index in [2.05, 4.69) is 22.5 Å². The molecular formula is C33H48F3N7O4. The van der Waals surface area contributed by atoms with Crippen LogP contribution in [0.5, 0.6) is 0 Å². The number of carbonyl (C=O) groups excluding carboxylic acids is 2. The van der Waals surface area contributed by atoms with Gasteiger partial charge in [-0.2, -0.15) is 0 Å². The maximum atomic E-state index is 15.1. The van der Waals surface area contributed by atoms with Gasteiger partial charge in [0.15, 0.2) is 0 Å². The molecule has 47 heavy (non-hydrogen) atoms. The van der Waals surface area contributed by atoms with E-state index in [4.69, 9.17) is 20.2 Å². The van der Waals surface area contributed by atoms with Crippen LogP contribution in [0.15, 0.2) is 36.5 Å². The standard InChI is InChI=1S/C33H48F3N7O4/c1-21(2)18-42-20-29(26-14-25(34)4-5-27(26)35)41-32(42)31(23-6-10-46-11-7-23)43(19-24-16-38-17-28(24)36)33(45)40-22(3)15-39-30(44)8-12-47-13-9-37/h4-5,14,20,22-24,28,31,38H,1,6-13,15-19,37H2,2-3H3,(H,39,44)(H,40,45). The number of nitrogens with zero attached hydrogens (tertiary/aromatic N) is 3. The lowest BCUT2D eigenvalue weighted by Crippen LogP contribution is -2.52. The Balaban J connectivity index is 1.67. The van der Waals surface area contributed by atoms with Gasteiger partial charge in [-0.25, -0.2) is 22.9 Å². The molecule has 1 aromatic carbocycles. The number of carbonyl (C=O) groups is 2. The quantitative estimate of drug-likeness (QED) is 0.160. The Labute approximate surface area is 274 Å². The van der Waals surface area contributed by atoms with Gasteiger partial charge in [0.25, 0.3) is 0 Å². The van der Waals surface area contributed by atoms with Crippen molar-refractivity contribution >= 4 is 11.9 Å². The van der Waals surface area contributed by atoms with Gasteiger partial charge >= 0.3 is 6.03 Å². The topological polar surface area (TPSA) is 136 Å². The number of hydrogen-bond acceptors (Lipinski definition) is 7. The Bertz CT molecular complexity index is 1350. The second-order valence-corrected chi connectivity index (χ2v) is 12.5. The van der Waals surface area contributed by atoms with E-state index in [1.165, 1.54) is 0 Å². The second-order valence-electron chi connectivity index (χ2n) is 12.5. The molecule has 11 nitrogen and oxygen atoms in total. The molecule has 3 heterocycles. The van der Waals surface area contributed by atoms with Crippen LogP contribution in [0.25, 0.3) is 11.3 Å². The van der Waals surface area contributed by atoms with Gasteiger partial charge in [0.1, 0.15) is 23.6 Å². The molecule has 5 N–H and O–H groups in total. The lowest BCUT2D eigenvalue weighted by Gasteiger charge is -2.40. The molecule has 0 saturated carbocycles. The number of rotatable bonds is 16. The summed E-state index contributed by atoms with van der Waals surface area (Å²) in [6, 6.07) is 1.63. The monoisotopic (exact) mass is 663 g/mol. The Hall–Kier alpha value is -3.46. The van der Waals surface area contributed by atoms with Crippen LogP contribution in [0.4, 0.5) is 18.0 Å². The molecule has 14 heteroatoms. The highest BCUT2D eigenvalue weighted by Crippen LogP contribution is 2.38. The number of amides is 3. The maximum Gasteiger partial charge on any atom is 0.318 e. The highest BCUT2D eigenvalue weighted by atomic mass is 19.1. The highest BCUT2D eigenvalue weighted by molar-refractivity contribution is 5.77. The Morgan fingerprint density at radius 1 is 1.26 bits per heavy atom.